The maximum absolute atomic E-state index is 11.8. The standard InChI is InChI=1S/C21H21N3O3S/c1-2-6-16-9-12-18(13-10-16)27-15-20(26)23-24-21(28)22-19(25)14-11-17-7-4-3-5-8-17/h2-5,7-14H,1,6,15H2,(H,23,26)(H2,22,24,25,28)/b14-11+. The maximum Gasteiger partial charge on any atom is 0.276 e. The molecule has 0 aromatic heterocycles. The van der Waals surface area contributed by atoms with E-state index in [2.05, 4.69) is 22.7 Å². The van der Waals surface area contributed by atoms with Gasteiger partial charge in [-0.05, 0) is 48.0 Å². The number of hydrogen-bond acceptors (Lipinski definition) is 4. The van der Waals surface area contributed by atoms with Crippen molar-refractivity contribution in [2.75, 3.05) is 6.61 Å². The third-order valence-electron chi connectivity index (χ3n) is 3.45. The van der Waals surface area contributed by atoms with Gasteiger partial charge in [-0.25, -0.2) is 0 Å². The van der Waals surface area contributed by atoms with Crippen molar-refractivity contribution in [3.63, 3.8) is 0 Å². The molecule has 0 aliphatic rings. The van der Waals surface area contributed by atoms with Gasteiger partial charge in [-0.2, -0.15) is 0 Å². The quantitative estimate of drug-likeness (QED) is 0.291. The molecule has 0 bridgehead atoms. The number of hydrazine groups is 1. The predicted octanol–water partition coefficient (Wildman–Crippen LogP) is 2.53. The molecule has 2 amide bonds. The van der Waals surface area contributed by atoms with Crippen LogP contribution in [-0.2, 0) is 16.0 Å². The summed E-state index contributed by atoms with van der Waals surface area (Å²) in [6.07, 6.45) is 5.59. The lowest BCUT2D eigenvalue weighted by Crippen LogP contribution is -2.49. The van der Waals surface area contributed by atoms with Crippen LogP contribution in [0.4, 0.5) is 0 Å². The molecular weight excluding hydrogens is 374 g/mol. The van der Waals surface area contributed by atoms with Crippen molar-refractivity contribution < 1.29 is 14.3 Å². The normalized spacial score (nSPS) is 10.1. The molecule has 28 heavy (non-hydrogen) atoms. The summed E-state index contributed by atoms with van der Waals surface area (Å²) in [4.78, 5) is 23.6. The molecule has 2 aromatic carbocycles. The fourth-order valence-corrected chi connectivity index (χ4v) is 2.27. The summed E-state index contributed by atoms with van der Waals surface area (Å²) in [5.41, 5.74) is 6.80. The molecule has 0 saturated carbocycles. The lowest BCUT2D eigenvalue weighted by atomic mass is 10.1. The summed E-state index contributed by atoms with van der Waals surface area (Å²) >= 11 is 4.96. The Morgan fingerprint density at radius 1 is 1.04 bits per heavy atom. The lowest BCUT2D eigenvalue weighted by Gasteiger charge is -2.10. The van der Waals surface area contributed by atoms with E-state index in [0.29, 0.717) is 5.75 Å². The topological polar surface area (TPSA) is 79.5 Å². The summed E-state index contributed by atoms with van der Waals surface area (Å²) in [6.45, 7) is 3.49. The van der Waals surface area contributed by atoms with Crippen LogP contribution in [0, 0.1) is 0 Å². The van der Waals surface area contributed by atoms with E-state index in [4.69, 9.17) is 17.0 Å². The van der Waals surface area contributed by atoms with Crippen LogP contribution in [0.15, 0.2) is 73.3 Å². The highest BCUT2D eigenvalue weighted by Gasteiger charge is 2.05. The molecule has 7 heteroatoms. The van der Waals surface area contributed by atoms with Crippen molar-refractivity contribution in [2.45, 2.75) is 6.42 Å². The van der Waals surface area contributed by atoms with Gasteiger partial charge in [-0.15, -0.1) is 6.58 Å². The molecule has 2 aromatic rings. The monoisotopic (exact) mass is 395 g/mol. The number of carbonyl (C=O) groups excluding carboxylic acids is 2. The Balaban J connectivity index is 1.67. The van der Waals surface area contributed by atoms with Crippen LogP contribution in [0.25, 0.3) is 6.08 Å². The Morgan fingerprint density at radius 3 is 2.43 bits per heavy atom. The van der Waals surface area contributed by atoms with E-state index in [9.17, 15) is 9.59 Å². The Bertz CT molecular complexity index is 849. The third-order valence-corrected chi connectivity index (χ3v) is 3.66. The Labute approximate surface area is 169 Å². The van der Waals surface area contributed by atoms with Crippen molar-refractivity contribution in [1.29, 1.82) is 0 Å². The van der Waals surface area contributed by atoms with Gasteiger partial charge >= 0.3 is 0 Å². The Morgan fingerprint density at radius 2 is 1.75 bits per heavy atom. The van der Waals surface area contributed by atoms with Gasteiger partial charge < -0.3 is 4.74 Å². The molecule has 144 valence electrons. The number of nitrogens with one attached hydrogen (secondary N) is 3. The zero-order valence-electron chi connectivity index (χ0n) is 15.2. The summed E-state index contributed by atoms with van der Waals surface area (Å²) in [6, 6.07) is 16.7. The van der Waals surface area contributed by atoms with Gasteiger partial charge in [0.15, 0.2) is 11.7 Å². The first-order valence-corrected chi connectivity index (χ1v) is 8.93. The molecule has 0 aliphatic carbocycles. The molecule has 2 rings (SSSR count). The van der Waals surface area contributed by atoms with Crippen LogP contribution in [0.3, 0.4) is 0 Å². The number of carbonyl (C=O) groups is 2. The van der Waals surface area contributed by atoms with Gasteiger partial charge in [-0.1, -0.05) is 48.5 Å². The van der Waals surface area contributed by atoms with Crippen LogP contribution < -0.4 is 20.9 Å². The molecule has 0 atom stereocenters. The Hall–Kier alpha value is -3.45. The number of allylic oxidation sites excluding steroid dienone is 1. The third kappa shape index (κ3) is 7.84. The second kappa shape index (κ2) is 11.3. The van der Waals surface area contributed by atoms with Gasteiger partial charge in [0.05, 0.1) is 0 Å². The van der Waals surface area contributed by atoms with E-state index in [1.54, 1.807) is 18.2 Å². The van der Waals surface area contributed by atoms with Crippen LogP contribution in [0.2, 0.25) is 0 Å². The van der Waals surface area contributed by atoms with E-state index in [1.807, 2.05) is 48.5 Å². The molecule has 0 spiro atoms. The van der Waals surface area contributed by atoms with Gasteiger partial charge in [-0.3, -0.25) is 25.8 Å². The first-order chi connectivity index (χ1) is 13.6. The van der Waals surface area contributed by atoms with Crippen LogP contribution in [0.5, 0.6) is 5.75 Å². The first-order valence-electron chi connectivity index (χ1n) is 8.52. The van der Waals surface area contributed by atoms with Gasteiger partial charge in [0.1, 0.15) is 5.75 Å². The highest BCUT2D eigenvalue weighted by Crippen LogP contribution is 2.12. The predicted molar refractivity (Wildman–Crippen MR) is 113 cm³/mol. The van der Waals surface area contributed by atoms with Crippen molar-refractivity contribution in [3.8, 4) is 5.75 Å². The molecule has 0 heterocycles. The van der Waals surface area contributed by atoms with E-state index >= 15 is 0 Å². The lowest BCUT2D eigenvalue weighted by molar-refractivity contribution is -0.123. The number of hydrogen-bond donors (Lipinski definition) is 3. The zero-order valence-corrected chi connectivity index (χ0v) is 16.0. The van der Waals surface area contributed by atoms with E-state index < -0.39 is 11.8 Å². The maximum atomic E-state index is 11.8. The summed E-state index contributed by atoms with van der Waals surface area (Å²) in [5.74, 6) is -0.275. The van der Waals surface area contributed by atoms with Crippen molar-refractivity contribution in [3.05, 3.63) is 84.5 Å². The molecule has 0 unspecified atom stereocenters. The summed E-state index contributed by atoms with van der Waals surface area (Å²) < 4.78 is 5.38. The summed E-state index contributed by atoms with van der Waals surface area (Å²) in [5, 5.41) is 2.41. The molecule has 0 saturated heterocycles. The number of ether oxygens (including phenoxy) is 1. The zero-order chi connectivity index (χ0) is 20.2. The van der Waals surface area contributed by atoms with E-state index in [1.165, 1.54) is 6.08 Å². The molecule has 0 aliphatic heterocycles. The second-order valence-electron chi connectivity index (χ2n) is 5.66. The highest BCUT2D eigenvalue weighted by atomic mass is 32.1. The average molecular weight is 395 g/mol. The highest BCUT2D eigenvalue weighted by molar-refractivity contribution is 7.80. The number of benzene rings is 2. The number of rotatable bonds is 7. The number of thiocarbonyl (C=S) groups is 1. The van der Waals surface area contributed by atoms with Gasteiger partial charge in [0.2, 0.25) is 5.91 Å². The Kier molecular flexibility index (Phi) is 8.42. The van der Waals surface area contributed by atoms with E-state index in [-0.39, 0.29) is 11.7 Å². The largest absolute Gasteiger partial charge is 0.484 e. The minimum atomic E-state index is -0.438. The second-order valence-corrected chi connectivity index (χ2v) is 6.07. The average Bonchev–Trinajstić information content (AvgIpc) is 2.71. The van der Waals surface area contributed by atoms with Gasteiger partial charge in [0, 0.05) is 6.08 Å². The molecule has 0 fully saturated rings. The first kappa shape index (κ1) is 20.9. The fourth-order valence-electron chi connectivity index (χ4n) is 2.12. The van der Waals surface area contributed by atoms with Crippen molar-refractivity contribution in [2.24, 2.45) is 0 Å². The van der Waals surface area contributed by atoms with Crippen molar-refractivity contribution in [1.82, 2.24) is 16.2 Å². The fraction of sp³-hybridized carbons (Fsp3) is 0.0952. The molecular formula is C21H21N3O3S. The van der Waals surface area contributed by atoms with Gasteiger partial charge in [0.25, 0.3) is 5.91 Å². The molecule has 3 N–H and O–H groups in total. The molecule has 0 radical (unpaired) electrons. The van der Waals surface area contributed by atoms with Crippen LogP contribution >= 0.6 is 12.2 Å². The van der Waals surface area contributed by atoms with Crippen LogP contribution in [0.1, 0.15) is 11.1 Å². The minimum Gasteiger partial charge on any atom is -0.484 e. The number of amides is 2. The van der Waals surface area contributed by atoms with E-state index in [0.717, 1.165) is 17.5 Å². The smallest absolute Gasteiger partial charge is 0.276 e. The molecule has 6 nitrogen and oxygen atoms in total. The summed E-state index contributed by atoms with van der Waals surface area (Å²) in [7, 11) is 0. The van der Waals surface area contributed by atoms with Crippen LogP contribution in [-0.4, -0.2) is 23.5 Å². The SMILES string of the molecule is C=CCc1ccc(OCC(=O)NNC(=S)NC(=O)/C=C/c2ccccc2)cc1. The minimum absolute atomic E-state index is 0.0233. The van der Waals surface area contributed by atoms with Crippen molar-refractivity contribution >= 4 is 35.2 Å².